The summed E-state index contributed by atoms with van der Waals surface area (Å²) in [5.74, 6) is 1.13. The number of rotatable bonds is 8. The van der Waals surface area contributed by atoms with E-state index in [1.807, 2.05) is 38.1 Å². The van der Waals surface area contributed by atoms with Crippen LogP contribution < -0.4 is 4.74 Å². The fraction of sp³-hybridized carbons (Fsp3) is 0.650. The Morgan fingerprint density at radius 3 is 2.52 bits per heavy atom. The summed E-state index contributed by atoms with van der Waals surface area (Å²) in [6, 6.07) is 7.78. The molecule has 0 N–H and O–H groups in total. The molecule has 5 nitrogen and oxygen atoms in total. The largest absolute Gasteiger partial charge is 0.496 e. The van der Waals surface area contributed by atoms with E-state index in [-0.39, 0.29) is 12.3 Å². The molecule has 1 amide bonds. The highest BCUT2D eigenvalue weighted by molar-refractivity contribution is 5.68. The molecule has 0 spiro atoms. The Morgan fingerprint density at radius 1 is 1.16 bits per heavy atom. The molecule has 1 unspecified atom stereocenters. The van der Waals surface area contributed by atoms with Crippen LogP contribution in [0.1, 0.15) is 51.5 Å². The van der Waals surface area contributed by atoms with E-state index in [0.29, 0.717) is 25.7 Å². The second-order valence-corrected chi connectivity index (χ2v) is 6.38. The lowest BCUT2D eigenvalue weighted by atomic mass is 9.87. The minimum Gasteiger partial charge on any atom is -0.496 e. The molecule has 1 aromatic carbocycles. The minimum atomic E-state index is -0.322. The van der Waals surface area contributed by atoms with Crippen LogP contribution in [0.25, 0.3) is 0 Å². The van der Waals surface area contributed by atoms with Crippen molar-refractivity contribution in [1.29, 1.82) is 0 Å². The molecule has 1 saturated carbocycles. The van der Waals surface area contributed by atoms with Crippen molar-refractivity contribution in [2.75, 3.05) is 20.3 Å². The maximum atomic E-state index is 12.7. The molecular weight excluding hydrogens is 318 g/mol. The molecule has 1 aliphatic rings. The van der Waals surface area contributed by atoms with E-state index in [9.17, 15) is 4.79 Å². The zero-order chi connectivity index (χ0) is 18.1. The zero-order valence-electron chi connectivity index (χ0n) is 15.7. The molecule has 0 radical (unpaired) electrons. The summed E-state index contributed by atoms with van der Waals surface area (Å²) in [5.41, 5.74) is 0.957. The molecule has 0 aliphatic heterocycles. The van der Waals surface area contributed by atoms with E-state index in [2.05, 4.69) is 0 Å². The van der Waals surface area contributed by atoms with Crippen LogP contribution in [-0.2, 0) is 16.0 Å². The van der Waals surface area contributed by atoms with Crippen LogP contribution in [0, 0.1) is 5.92 Å². The van der Waals surface area contributed by atoms with Crippen LogP contribution in [0.5, 0.6) is 5.75 Å². The van der Waals surface area contributed by atoms with Crippen LogP contribution >= 0.6 is 0 Å². The standard InChI is InChI=1S/C20H31NO4/c1-4-24-19(16-11-7-6-8-12-16)21(20(22)25-5-2)15-17-13-9-10-14-18(17)23-3/h9-10,13-14,16,19H,4-8,11-12,15H2,1-3H3. The maximum Gasteiger partial charge on any atom is 0.412 e. The fourth-order valence-corrected chi connectivity index (χ4v) is 3.55. The smallest absolute Gasteiger partial charge is 0.412 e. The molecule has 0 bridgehead atoms. The van der Waals surface area contributed by atoms with E-state index in [0.717, 1.165) is 24.2 Å². The summed E-state index contributed by atoms with van der Waals surface area (Å²) in [7, 11) is 1.65. The van der Waals surface area contributed by atoms with Crippen molar-refractivity contribution in [3.05, 3.63) is 29.8 Å². The van der Waals surface area contributed by atoms with Crippen molar-refractivity contribution in [1.82, 2.24) is 4.90 Å². The molecule has 5 heteroatoms. The summed E-state index contributed by atoms with van der Waals surface area (Å²) >= 11 is 0. The van der Waals surface area contributed by atoms with Crippen molar-refractivity contribution in [2.45, 2.75) is 58.7 Å². The first-order valence-corrected chi connectivity index (χ1v) is 9.38. The van der Waals surface area contributed by atoms with Crippen LogP contribution in [0.15, 0.2) is 24.3 Å². The van der Waals surface area contributed by atoms with Gasteiger partial charge in [0.2, 0.25) is 0 Å². The van der Waals surface area contributed by atoms with Crippen molar-refractivity contribution in [3.63, 3.8) is 0 Å². The lowest BCUT2D eigenvalue weighted by molar-refractivity contribution is -0.0923. The van der Waals surface area contributed by atoms with Crippen LogP contribution in [-0.4, -0.2) is 37.5 Å². The highest BCUT2D eigenvalue weighted by Gasteiger charge is 2.33. The Morgan fingerprint density at radius 2 is 1.88 bits per heavy atom. The Labute approximate surface area is 151 Å². The van der Waals surface area contributed by atoms with Crippen molar-refractivity contribution in [3.8, 4) is 5.75 Å². The average molecular weight is 349 g/mol. The second-order valence-electron chi connectivity index (χ2n) is 6.38. The van der Waals surface area contributed by atoms with E-state index in [4.69, 9.17) is 14.2 Å². The summed E-state index contributed by atoms with van der Waals surface area (Å²) in [4.78, 5) is 14.4. The number of carbonyl (C=O) groups excluding carboxylic acids is 1. The number of para-hydroxylation sites is 1. The van der Waals surface area contributed by atoms with Crippen LogP contribution in [0.4, 0.5) is 4.79 Å². The van der Waals surface area contributed by atoms with Gasteiger partial charge in [0.15, 0.2) is 0 Å². The first-order valence-electron chi connectivity index (χ1n) is 9.38. The zero-order valence-corrected chi connectivity index (χ0v) is 15.7. The SMILES string of the molecule is CCOC(=O)N(Cc1ccccc1OC)C(OCC)C1CCCCC1. The summed E-state index contributed by atoms with van der Waals surface area (Å²) < 4.78 is 16.8. The molecular formula is C20H31NO4. The van der Waals surface area contributed by atoms with E-state index < -0.39 is 0 Å². The third kappa shape index (κ3) is 5.36. The van der Waals surface area contributed by atoms with Crippen LogP contribution in [0.2, 0.25) is 0 Å². The maximum absolute atomic E-state index is 12.7. The third-order valence-corrected chi connectivity index (χ3v) is 4.73. The number of nitrogens with zero attached hydrogens (tertiary/aromatic N) is 1. The van der Waals surface area contributed by atoms with Gasteiger partial charge in [0, 0.05) is 18.1 Å². The van der Waals surface area contributed by atoms with E-state index in [1.165, 1.54) is 19.3 Å². The van der Waals surface area contributed by atoms with Gasteiger partial charge in [-0.2, -0.15) is 0 Å². The first-order chi connectivity index (χ1) is 12.2. The summed E-state index contributed by atoms with van der Waals surface area (Å²) in [5, 5.41) is 0. The fourth-order valence-electron chi connectivity index (χ4n) is 3.55. The highest BCUT2D eigenvalue weighted by atomic mass is 16.6. The van der Waals surface area contributed by atoms with E-state index >= 15 is 0 Å². The Hall–Kier alpha value is -1.75. The lowest BCUT2D eigenvalue weighted by Crippen LogP contribution is -2.46. The van der Waals surface area contributed by atoms with Gasteiger partial charge in [0.05, 0.1) is 20.3 Å². The van der Waals surface area contributed by atoms with Gasteiger partial charge in [-0.1, -0.05) is 37.5 Å². The summed E-state index contributed by atoms with van der Waals surface area (Å²) in [6.45, 7) is 5.15. The van der Waals surface area contributed by atoms with Gasteiger partial charge in [-0.25, -0.2) is 4.79 Å². The number of carbonyl (C=O) groups is 1. The molecule has 2 rings (SSSR count). The molecule has 1 aromatic rings. The average Bonchev–Trinajstić information content (AvgIpc) is 2.65. The van der Waals surface area contributed by atoms with Gasteiger partial charge in [-0.3, -0.25) is 4.90 Å². The van der Waals surface area contributed by atoms with Crippen LogP contribution in [0.3, 0.4) is 0 Å². The summed E-state index contributed by atoms with van der Waals surface area (Å²) in [6.07, 6.45) is 5.26. The topological polar surface area (TPSA) is 48.0 Å². The van der Waals surface area contributed by atoms with Crippen molar-refractivity contribution >= 4 is 6.09 Å². The minimum absolute atomic E-state index is 0.255. The van der Waals surface area contributed by atoms with Gasteiger partial charge in [0.25, 0.3) is 0 Å². The molecule has 1 fully saturated rings. The molecule has 1 aliphatic carbocycles. The third-order valence-electron chi connectivity index (χ3n) is 4.73. The van der Waals surface area contributed by atoms with Gasteiger partial charge >= 0.3 is 6.09 Å². The lowest BCUT2D eigenvalue weighted by Gasteiger charge is -2.37. The van der Waals surface area contributed by atoms with E-state index in [1.54, 1.807) is 12.0 Å². The number of hydrogen-bond donors (Lipinski definition) is 0. The number of benzene rings is 1. The van der Waals surface area contributed by atoms with Gasteiger partial charge in [-0.05, 0) is 32.8 Å². The molecule has 25 heavy (non-hydrogen) atoms. The van der Waals surface area contributed by atoms with Gasteiger partial charge in [-0.15, -0.1) is 0 Å². The number of hydrogen-bond acceptors (Lipinski definition) is 4. The first kappa shape index (κ1) is 19.6. The molecule has 140 valence electrons. The Bertz CT molecular complexity index is 528. The second kappa shape index (κ2) is 10.3. The molecule has 0 aromatic heterocycles. The molecule has 1 atom stereocenters. The van der Waals surface area contributed by atoms with Gasteiger partial charge < -0.3 is 14.2 Å². The highest BCUT2D eigenvalue weighted by Crippen LogP contribution is 2.32. The number of ether oxygens (including phenoxy) is 3. The molecule has 0 saturated heterocycles. The molecule has 0 heterocycles. The number of methoxy groups -OCH3 is 1. The monoisotopic (exact) mass is 349 g/mol. The number of amides is 1. The normalized spacial score (nSPS) is 16.3. The predicted molar refractivity (Wildman–Crippen MR) is 97.5 cm³/mol. The Balaban J connectivity index is 2.26. The quantitative estimate of drug-likeness (QED) is 0.644. The Kier molecular flexibility index (Phi) is 8.06. The van der Waals surface area contributed by atoms with Gasteiger partial charge in [0.1, 0.15) is 12.0 Å². The van der Waals surface area contributed by atoms with Crippen molar-refractivity contribution in [2.24, 2.45) is 5.92 Å². The van der Waals surface area contributed by atoms with Crippen molar-refractivity contribution < 1.29 is 19.0 Å². The predicted octanol–water partition coefficient (Wildman–Crippen LogP) is 4.60.